The van der Waals surface area contributed by atoms with E-state index in [1.54, 1.807) is 0 Å². The van der Waals surface area contributed by atoms with Gasteiger partial charge in [0.15, 0.2) is 0 Å². The van der Waals surface area contributed by atoms with Crippen LogP contribution in [0.3, 0.4) is 0 Å². The zero-order valence-electron chi connectivity index (χ0n) is 8.79. The van der Waals surface area contributed by atoms with Gasteiger partial charge in [0.1, 0.15) is 4.64 Å². The van der Waals surface area contributed by atoms with E-state index in [0.717, 1.165) is 22.1 Å². The van der Waals surface area contributed by atoms with Crippen LogP contribution < -0.4 is 0 Å². The first-order valence-electron chi connectivity index (χ1n) is 5.29. The number of unbranched alkanes of at least 4 members (excludes halogenated alkanes) is 1. The van der Waals surface area contributed by atoms with Gasteiger partial charge < -0.3 is 0 Å². The standard InChI is InChI=1S/C12H14N2S/c1-2-3-8-11-9-6-4-5-7-10(9)12(15)14-13-11/h4-7H,2-3,8H2,1H3,(H,14,15). The lowest BCUT2D eigenvalue weighted by Gasteiger charge is -2.04. The molecule has 15 heavy (non-hydrogen) atoms. The van der Waals surface area contributed by atoms with Crippen LogP contribution in [0.5, 0.6) is 0 Å². The molecule has 0 unspecified atom stereocenters. The molecule has 78 valence electrons. The molecule has 2 nitrogen and oxygen atoms in total. The lowest BCUT2D eigenvalue weighted by atomic mass is 10.1. The van der Waals surface area contributed by atoms with Gasteiger partial charge in [0.25, 0.3) is 0 Å². The lowest BCUT2D eigenvalue weighted by Crippen LogP contribution is -1.95. The summed E-state index contributed by atoms with van der Waals surface area (Å²) in [7, 11) is 0. The van der Waals surface area contributed by atoms with Crippen LogP contribution >= 0.6 is 12.2 Å². The van der Waals surface area contributed by atoms with Gasteiger partial charge in [-0.3, -0.25) is 5.10 Å². The second-order valence-corrected chi connectivity index (χ2v) is 4.06. The Balaban J connectivity index is 2.56. The zero-order chi connectivity index (χ0) is 10.7. The quantitative estimate of drug-likeness (QED) is 0.797. The van der Waals surface area contributed by atoms with Crippen molar-refractivity contribution in [2.75, 3.05) is 0 Å². The molecular formula is C12H14N2S. The number of fused-ring (bicyclic) bond motifs is 1. The molecule has 2 aromatic rings. The van der Waals surface area contributed by atoms with Crippen LogP contribution in [-0.4, -0.2) is 10.2 Å². The monoisotopic (exact) mass is 218 g/mol. The molecule has 0 atom stereocenters. The van der Waals surface area contributed by atoms with Crippen molar-refractivity contribution in [2.24, 2.45) is 0 Å². The predicted molar refractivity (Wildman–Crippen MR) is 65.5 cm³/mol. The number of hydrogen-bond acceptors (Lipinski definition) is 2. The Morgan fingerprint density at radius 2 is 2.00 bits per heavy atom. The molecule has 3 heteroatoms. The van der Waals surface area contributed by atoms with E-state index in [0.29, 0.717) is 0 Å². The molecule has 1 heterocycles. The Hall–Kier alpha value is -1.22. The minimum absolute atomic E-state index is 0.728. The van der Waals surface area contributed by atoms with Crippen LogP contribution in [0.1, 0.15) is 25.5 Å². The molecule has 0 bridgehead atoms. The first-order valence-corrected chi connectivity index (χ1v) is 5.70. The van der Waals surface area contributed by atoms with Gasteiger partial charge in [0.05, 0.1) is 5.69 Å². The molecule has 1 N–H and O–H groups in total. The van der Waals surface area contributed by atoms with Crippen molar-refractivity contribution in [3.05, 3.63) is 34.6 Å². The Morgan fingerprint density at radius 1 is 1.27 bits per heavy atom. The van der Waals surface area contributed by atoms with Gasteiger partial charge in [-0.05, 0) is 12.8 Å². The maximum absolute atomic E-state index is 5.21. The molecular weight excluding hydrogens is 204 g/mol. The topological polar surface area (TPSA) is 28.7 Å². The third-order valence-electron chi connectivity index (χ3n) is 2.54. The molecule has 0 fully saturated rings. The fourth-order valence-corrected chi connectivity index (χ4v) is 1.93. The van der Waals surface area contributed by atoms with E-state index < -0.39 is 0 Å². The summed E-state index contributed by atoms with van der Waals surface area (Å²) in [6, 6.07) is 8.19. The van der Waals surface area contributed by atoms with Crippen molar-refractivity contribution >= 4 is 23.0 Å². The summed E-state index contributed by atoms with van der Waals surface area (Å²) in [5, 5.41) is 9.53. The first-order chi connectivity index (χ1) is 7.33. The van der Waals surface area contributed by atoms with E-state index in [-0.39, 0.29) is 0 Å². The van der Waals surface area contributed by atoms with Gasteiger partial charge in [-0.25, -0.2) is 0 Å². The number of benzene rings is 1. The van der Waals surface area contributed by atoms with Crippen LogP contribution in [-0.2, 0) is 6.42 Å². The molecule has 0 aliphatic heterocycles. The van der Waals surface area contributed by atoms with Crippen LogP contribution in [0, 0.1) is 4.64 Å². The number of nitrogens with one attached hydrogen (secondary N) is 1. The second-order valence-electron chi connectivity index (χ2n) is 3.65. The zero-order valence-corrected chi connectivity index (χ0v) is 9.60. The van der Waals surface area contributed by atoms with Crippen LogP contribution in [0.15, 0.2) is 24.3 Å². The van der Waals surface area contributed by atoms with Gasteiger partial charge in [-0.2, -0.15) is 5.10 Å². The normalized spacial score (nSPS) is 10.7. The maximum atomic E-state index is 5.21. The van der Waals surface area contributed by atoms with Gasteiger partial charge in [0.2, 0.25) is 0 Å². The van der Waals surface area contributed by atoms with Gasteiger partial charge in [0, 0.05) is 10.8 Å². The fourth-order valence-electron chi connectivity index (χ4n) is 1.71. The molecule has 0 aliphatic rings. The van der Waals surface area contributed by atoms with Crippen molar-refractivity contribution in [1.29, 1.82) is 0 Å². The molecule has 2 rings (SSSR count). The number of rotatable bonds is 3. The van der Waals surface area contributed by atoms with Crippen molar-refractivity contribution in [2.45, 2.75) is 26.2 Å². The molecule has 0 saturated carbocycles. The average molecular weight is 218 g/mol. The second kappa shape index (κ2) is 4.53. The van der Waals surface area contributed by atoms with Crippen molar-refractivity contribution in [1.82, 2.24) is 10.2 Å². The summed E-state index contributed by atoms with van der Waals surface area (Å²) in [6.07, 6.45) is 3.37. The third-order valence-corrected chi connectivity index (χ3v) is 2.85. The van der Waals surface area contributed by atoms with E-state index in [2.05, 4.69) is 23.2 Å². The molecule has 0 radical (unpaired) electrons. The third kappa shape index (κ3) is 2.07. The maximum Gasteiger partial charge on any atom is 0.127 e. The van der Waals surface area contributed by atoms with Crippen molar-refractivity contribution in [3.63, 3.8) is 0 Å². The molecule has 1 aromatic heterocycles. The van der Waals surface area contributed by atoms with E-state index in [1.807, 2.05) is 18.2 Å². The number of nitrogens with zero attached hydrogens (tertiary/aromatic N) is 1. The Morgan fingerprint density at radius 3 is 2.73 bits per heavy atom. The number of aromatic amines is 1. The molecule has 0 saturated heterocycles. The highest BCUT2D eigenvalue weighted by atomic mass is 32.1. The number of aryl methyl sites for hydroxylation is 1. The SMILES string of the molecule is CCCCc1n[nH]c(=S)c2ccccc12. The highest BCUT2D eigenvalue weighted by Gasteiger charge is 2.02. The average Bonchev–Trinajstić information content (AvgIpc) is 2.29. The first kappa shape index (κ1) is 10.3. The van der Waals surface area contributed by atoms with E-state index >= 15 is 0 Å². The van der Waals surface area contributed by atoms with Crippen molar-refractivity contribution in [3.8, 4) is 0 Å². The van der Waals surface area contributed by atoms with Gasteiger partial charge >= 0.3 is 0 Å². The predicted octanol–water partition coefficient (Wildman–Crippen LogP) is 3.63. The fraction of sp³-hybridized carbons (Fsp3) is 0.333. The van der Waals surface area contributed by atoms with Crippen molar-refractivity contribution < 1.29 is 0 Å². The summed E-state index contributed by atoms with van der Waals surface area (Å²) >= 11 is 5.21. The summed E-state index contributed by atoms with van der Waals surface area (Å²) in [4.78, 5) is 0. The van der Waals surface area contributed by atoms with E-state index in [1.165, 1.54) is 18.2 Å². The summed E-state index contributed by atoms with van der Waals surface area (Å²) in [6.45, 7) is 2.19. The van der Waals surface area contributed by atoms with Gasteiger partial charge in [-0.15, -0.1) is 0 Å². The Labute approximate surface area is 94.3 Å². The molecule has 1 aromatic carbocycles. The largest absolute Gasteiger partial charge is 0.267 e. The van der Waals surface area contributed by atoms with E-state index in [4.69, 9.17) is 12.2 Å². The number of H-pyrrole nitrogens is 1. The Bertz CT molecular complexity index is 516. The molecule has 0 aliphatic carbocycles. The number of aromatic nitrogens is 2. The summed E-state index contributed by atoms with van der Waals surface area (Å²) in [5.41, 5.74) is 1.13. The van der Waals surface area contributed by atoms with E-state index in [9.17, 15) is 0 Å². The summed E-state index contributed by atoms with van der Waals surface area (Å²) < 4.78 is 0.728. The van der Waals surface area contributed by atoms with Crippen LogP contribution in [0.2, 0.25) is 0 Å². The molecule has 0 amide bonds. The lowest BCUT2D eigenvalue weighted by molar-refractivity contribution is 0.766. The smallest absolute Gasteiger partial charge is 0.127 e. The summed E-state index contributed by atoms with van der Waals surface area (Å²) in [5.74, 6) is 0. The Kier molecular flexibility index (Phi) is 3.11. The number of hydrogen-bond donors (Lipinski definition) is 1. The highest BCUT2D eigenvalue weighted by Crippen LogP contribution is 2.18. The molecule has 0 spiro atoms. The minimum atomic E-state index is 0.728. The van der Waals surface area contributed by atoms with Gasteiger partial charge in [-0.1, -0.05) is 49.8 Å². The highest BCUT2D eigenvalue weighted by molar-refractivity contribution is 7.71. The van der Waals surface area contributed by atoms with Crippen LogP contribution in [0.25, 0.3) is 10.8 Å². The van der Waals surface area contributed by atoms with Crippen LogP contribution in [0.4, 0.5) is 0 Å². The minimum Gasteiger partial charge on any atom is -0.267 e.